The van der Waals surface area contributed by atoms with Gasteiger partial charge in [-0.1, -0.05) is 55.0 Å². The Morgan fingerprint density at radius 1 is 0.900 bits per heavy atom. The number of fused-ring (bicyclic) bond motifs is 1. The summed E-state index contributed by atoms with van der Waals surface area (Å²) in [5.74, 6) is 0.265. The van der Waals surface area contributed by atoms with Gasteiger partial charge in [-0.05, 0) is 36.2 Å². The molecular weight excluding hydrogens is 370 g/mol. The van der Waals surface area contributed by atoms with Gasteiger partial charge >= 0.3 is 0 Å². The van der Waals surface area contributed by atoms with E-state index in [-0.39, 0.29) is 5.92 Å². The first-order valence-electron chi connectivity index (χ1n) is 10.7. The number of anilines is 1. The number of morpholine rings is 1. The fourth-order valence-electron chi connectivity index (χ4n) is 4.31. The van der Waals surface area contributed by atoms with E-state index in [1.54, 1.807) is 0 Å². The number of aromatic nitrogens is 2. The van der Waals surface area contributed by atoms with Crippen LogP contribution in [0.25, 0.3) is 16.9 Å². The Morgan fingerprint density at radius 3 is 2.37 bits per heavy atom. The lowest BCUT2D eigenvalue weighted by molar-refractivity contribution is 0.122. The second-order valence-electron chi connectivity index (χ2n) is 8.07. The Balaban J connectivity index is 1.46. The molecule has 4 nitrogen and oxygen atoms in total. The maximum absolute atomic E-state index is 5.47. The van der Waals surface area contributed by atoms with Gasteiger partial charge in [0, 0.05) is 42.7 Å². The van der Waals surface area contributed by atoms with Crippen LogP contribution in [0, 0.1) is 6.92 Å². The Hall–Kier alpha value is -3.11. The number of hydrogen-bond acceptors (Lipinski definition) is 3. The minimum Gasteiger partial charge on any atom is -0.378 e. The normalized spacial score (nSPS) is 15.5. The van der Waals surface area contributed by atoms with E-state index >= 15 is 0 Å². The van der Waals surface area contributed by atoms with Gasteiger partial charge in [0.2, 0.25) is 0 Å². The molecule has 2 aromatic carbocycles. The number of aryl methyl sites for hydroxylation is 1. The van der Waals surface area contributed by atoms with E-state index in [2.05, 4.69) is 90.0 Å². The summed E-state index contributed by atoms with van der Waals surface area (Å²) in [5, 5.41) is 0. The van der Waals surface area contributed by atoms with Gasteiger partial charge in [-0.15, -0.1) is 0 Å². The van der Waals surface area contributed by atoms with Gasteiger partial charge < -0.3 is 9.64 Å². The highest BCUT2D eigenvalue weighted by molar-refractivity contribution is 5.67. The van der Waals surface area contributed by atoms with Crippen molar-refractivity contribution in [1.82, 2.24) is 9.38 Å². The van der Waals surface area contributed by atoms with Crippen LogP contribution >= 0.6 is 0 Å². The molecule has 1 saturated heterocycles. The molecule has 0 amide bonds. The summed E-state index contributed by atoms with van der Waals surface area (Å²) >= 11 is 0. The predicted octanol–water partition coefficient (Wildman–Crippen LogP) is 5.30. The molecule has 152 valence electrons. The van der Waals surface area contributed by atoms with Crippen molar-refractivity contribution in [3.8, 4) is 11.3 Å². The summed E-state index contributed by atoms with van der Waals surface area (Å²) in [6.45, 7) is 7.92. The maximum Gasteiger partial charge on any atom is 0.140 e. The van der Waals surface area contributed by atoms with Crippen molar-refractivity contribution in [2.45, 2.75) is 19.8 Å². The first-order valence-corrected chi connectivity index (χ1v) is 10.7. The van der Waals surface area contributed by atoms with Crippen LogP contribution in [-0.2, 0) is 4.74 Å². The van der Waals surface area contributed by atoms with Gasteiger partial charge in [0.15, 0.2) is 0 Å². The second kappa shape index (κ2) is 7.96. The molecule has 1 aliphatic heterocycles. The lowest BCUT2D eigenvalue weighted by Gasteiger charge is -2.29. The van der Waals surface area contributed by atoms with Gasteiger partial charge in [0.05, 0.1) is 18.9 Å². The SMILES string of the molecule is Cc1ccc(-c2ccc(C(C)c3ccc(N4CCOCC4)cc3)c3nccn23)cc1. The fourth-order valence-corrected chi connectivity index (χ4v) is 4.31. The smallest absolute Gasteiger partial charge is 0.140 e. The van der Waals surface area contributed by atoms with Crippen molar-refractivity contribution < 1.29 is 4.74 Å². The van der Waals surface area contributed by atoms with E-state index in [9.17, 15) is 0 Å². The number of imidazole rings is 1. The molecule has 0 spiro atoms. The first-order chi connectivity index (χ1) is 14.7. The quantitative estimate of drug-likeness (QED) is 0.468. The van der Waals surface area contributed by atoms with Crippen molar-refractivity contribution in [3.05, 3.63) is 89.7 Å². The number of pyridine rings is 1. The molecule has 0 saturated carbocycles. The van der Waals surface area contributed by atoms with Gasteiger partial charge in [-0.2, -0.15) is 0 Å². The molecule has 30 heavy (non-hydrogen) atoms. The van der Waals surface area contributed by atoms with E-state index in [0.29, 0.717) is 0 Å². The van der Waals surface area contributed by atoms with E-state index in [4.69, 9.17) is 9.72 Å². The van der Waals surface area contributed by atoms with Gasteiger partial charge in [-0.3, -0.25) is 4.40 Å². The molecule has 4 aromatic rings. The number of nitrogens with zero attached hydrogens (tertiary/aromatic N) is 3. The average Bonchev–Trinajstić information content (AvgIpc) is 3.29. The molecule has 0 aliphatic carbocycles. The molecule has 1 unspecified atom stereocenters. The second-order valence-corrected chi connectivity index (χ2v) is 8.07. The summed E-state index contributed by atoms with van der Waals surface area (Å²) in [5.41, 5.74) is 8.49. The van der Waals surface area contributed by atoms with Gasteiger partial charge in [-0.25, -0.2) is 4.98 Å². The van der Waals surface area contributed by atoms with E-state index in [1.165, 1.54) is 33.6 Å². The number of hydrogen-bond donors (Lipinski definition) is 0. The van der Waals surface area contributed by atoms with E-state index in [0.717, 1.165) is 32.0 Å². The Labute approximate surface area is 177 Å². The highest BCUT2D eigenvalue weighted by Gasteiger charge is 2.17. The lowest BCUT2D eigenvalue weighted by atomic mass is 9.93. The lowest BCUT2D eigenvalue weighted by Crippen LogP contribution is -2.36. The Bertz CT molecular complexity index is 1140. The third-order valence-electron chi connectivity index (χ3n) is 6.16. The summed E-state index contributed by atoms with van der Waals surface area (Å²) < 4.78 is 7.68. The molecule has 2 aromatic heterocycles. The van der Waals surface area contributed by atoms with Crippen molar-refractivity contribution in [1.29, 1.82) is 0 Å². The van der Waals surface area contributed by atoms with Crippen LogP contribution < -0.4 is 4.90 Å². The number of ether oxygens (including phenoxy) is 1. The van der Waals surface area contributed by atoms with Crippen LogP contribution in [0.15, 0.2) is 73.1 Å². The van der Waals surface area contributed by atoms with Crippen LogP contribution in [0.5, 0.6) is 0 Å². The molecule has 0 bridgehead atoms. The topological polar surface area (TPSA) is 29.8 Å². The zero-order chi connectivity index (χ0) is 20.5. The molecule has 3 heterocycles. The van der Waals surface area contributed by atoms with Crippen LogP contribution in [0.1, 0.15) is 29.5 Å². The maximum atomic E-state index is 5.47. The fraction of sp³-hybridized carbons (Fsp3) is 0.269. The highest BCUT2D eigenvalue weighted by atomic mass is 16.5. The summed E-state index contributed by atoms with van der Waals surface area (Å²) in [6.07, 6.45) is 3.95. The highest BCUT2D eigenvalue weighted by Crippen LogP contribution is 2.31. The van der Waals surface area contributed by atoms with Crippen LogP contribution in [0.3, 0.4) is 0 Å². The average molecular weight is 398 g/mol. The Kier molecular flexibility index (Phi) is 5.01. The molecule has 0 N–H and O–H groups in total. The van der Waals surface area contributed by atoms with Crippen molar-refractivity contribution in [3.63, 3.8) is 0 Å². The zero-order valence-electron chi connectivity index (χ0n) is 17.6. The zero-order valence-corrected chi connectivity index (χ0v) is 17.6. The van der Waals surface area contributed by atoms with E-state index in [1.807, 2.05) is 6.20 Å². The standard InChI is InChI=1S/C26H27N3O/c1-19-3-5-22(6-4-19)25-12-11-24(26-27-13-14-29(25)26)20(2)21-7-9-23(10-8-21)28-15-17-30-18-16-28/h3-14,20H,15-18H2,1-2H3. The third-order valence-corrected chi connectivity index (χ3v) is 6.16. The minimum atomic E-state index is 0.265. The van der Waals surface area contributed by atoms with Gasteiger partial charge in [0.1, 0.15) is 5.65 Å². The molecule has 1 fully saturated rings. The summed E-state index contributed by atoms with van der Waals surface area (Å²) in [4.78, 5) is 7.09. The summed E-state index contributed by atoms with van der Waals surface area (Å²) in [7, 11) is 0. The van der Waals surface area contributed by atoms with Gasteiger partial charge in [0.25, 0.3) is 0 Å². The van der Waals surface area contributed by atoms with E-state index < -0.39 is 0 Å². The van der Waals surface area contributed by atoms with Crippen LogP contribution in [0.2, 0.25) is 0 Å². The monoisotopic (exact) mass is 397 g/mol. The Morgan fingerprint density at radius 2 is 1.63 bits per heavy atom. The van der Waals surface area contributed by atoms with Crippen LogP contribution in [0.4, 0.5) is 5.69 Å². The molecule has 1 atom stereocenters. The van der Waals surface area contributed by atoms with Crippen molar-refractivity contribution in [2.24, 2.45) is 0 Å². The van der Waals surface area contributed by atoms with Crippen LogP contribution in [-0.4, -0.2) is 35.7 Å². The third kappa shape index (κ3) is 3.48. The minimum absolute atomic E-state index is 0.265. The molecule has 4 heteroatoms. The summed E-state index contributed by atoms with van der Waals surface area (Å²) in [6, 6.07) is 22.1. The first kappa shape index (κ1) is 18.9. The molecule has 5 rings (SSSR count). The largest absolute Gasteiger partial charge is 0.378 e. The van der Waals surface area contributed by atoms with Crippen molar-refractivity contribution >= 4 is 11.3 Å². The number of benzene rings is 2. The molecular formula is C26H27N3O. The van der Waals surface area contributed by atoms with Crippen molar-refractivity contribution in [2.75, 3.05) is 31.2 Å². The molecule has 0 radical (unpaired) electrons. The molecule has 1 aliphatic rings. The number of rotatable bonds is 4. The predicted molar refractivity (Wildman–Crippen MR) is 122 cm³/mol.